The Morgan fingerprint density at radius 3 is 2.61 bits per heavy atom. The van der Waals surface area contributed by atoms with Gasteiger partial charge >= 0.3 is 5.97 Å². The second-order valence-corrected chi connectivity index (χ2v) is 8.25. The SMILES string of the molecule is CCOC(=O)c1csc(CN(CCCc2ccccc2)C(=O)c2cc(O)cc(OCC)c2)n1. The molecule has 3 rings (SSSR count). The van der Waals surface area contributed by atoms with Crippen LogP contribution in [0.5, 0.6) is 11.5 Å². The number of phenolic OH excluding ortho intramolecular Hbond substituents is 1. The van der Waals surface area contributed by atoms with Crippen molar-refractivity contribution in [3.05, 3.63) is 75.7 Å². The van der Waals surface area contributed by atoms with E-state index >= 15 is 0 Å². The molecular weight excluding hydrogens is 440 g/mol. The van der Waals surface area contributed by atoms with Crippen molar-refractivity contribution in [2.75, 3.05) is 19.8 Å². The number of carbonyl (C=O) groups excluding carboxylic acids is 2. The van der Waals surface area contributed by atoms with Crippen molar-refractivity contribution in [1.82, 2.24) is 9.88 Å². The standard InChI is InChI=1S/C25H28N2O5S/c1-3-31-21-14-19(13-20(28)15-21)24(29)27(12-8-11-18-9-6-5-7-10-18)16-23-26-22(17-33-23)25(30)32-4-2/h5-7,9-10,13-15,17,28H,3-4,8,11-12,16H2,1-2H3. The summed E-state index contributed by atoms with van der Waals surface area (Å²) in [7, 11) is 0. The zero-order chi connectivity index (χ0) is 23.6. The second kappa shape index (κ2) is 12.0. The van der Waals surface area contributed by atoms with E-state index in [2.05, 4.69) is 17.1 Å². The number of esters is 1. The highest BCUT2D eigenvalue weighted by Crippen LogP contribution is 2.24. The van der Waals surface area contributed by atoms with Gasteiger partial charge in [0.25, 0.3) is 5.91 Å². The van der Waals surface area contributed by atoms with Gasteiger partial charge in [0, 0.05) is 23.6 Å². The molecule has 174 valence electrons. The Bertz CT molecular complexity index is 1070. The molecule has 0 unspecified atom stereocenters. The summed E-state index contributed by atoms with van der Waals surface area (Å²) < 4.78 is 10.5. The summed E-state index contributed by atoms with van der Waals surface area (Å²) in [4.78, 5) is 31.4. The maximum atomic E-state index is 13.4. The number of benzene rings is 2. The summed E-state index contributed by atoms with van der Waals surface area (Å²) in [6.07, 6.45) is 1.57. The maximum absolute atomic E-state index is 13.4. The summed E-state index contributed by atoms with van der Waals surface area (Å²) >= 11 is 1.31. The lowest BCUT2D eigenvalue weighted by Crippen LogP contribution is -2.32. The number of amides is 1. The minimum Gasteiger partial charge on any atom is -0.508 e. The van der Waals surface area contributed by atoms with Gasteiger partial charge < -0.3 is 19.5 Å². The predicted molar refractivity (Wildman–Crippen MR) is 127 cm³/mol. The largest absolute Gasteiger partial charge is 0.508 e. The lowest BCUT2D eigenvalue weighted by molar-refractivity contribution is 0.0520. The number of aromatic nitrogens is 1. The topological polar surface area (TPSA) is 89.0 Å². The van der Waals surface area contributed by atoms with Crippen LogP contribution in [0.2, 0.25) is 0 Å². The van der Waals surface area contributed by atoms with E-state index in [9.17, 15) is 14.7 Å². The Balaban J connectivity index is 1.78. The molecule has 1 amide bonds. The Labute approximate surface area is 197 Å². The number of hydrogen-bond acceptors (Lipinski definition) is 7. The molecule has 0 aliphatic carbocycles. The van der Waals surface area contributed by atoms with Crippen molar-refractivity contribution >= 4 is 23.2 Å². The van der Waals surface area contributed by atoms with E-state index in [4.69, 9.17) is 9.47 Å². The average molecular weight is 469 g/mol. The zero-order valence-corrected chi connectivity index (χ0v) is 19.6. The average Bonchev–Trinajstić information content (AvgIpc) is 3.27. The van der Waals surface area contributed by atoms with E-state index in [1.165, 1.54) is 29.0 Å². The van der Waals surface area contributed by atoms with Gasteiger partial charge in [0.2, 0.25) is 0 Å². The molecule has 2 aromatic carbocycles. The molecule has 0 radical (unpaired) electrons. The van der Waals surface area contributed by atoms with Gasteiger partial charge in [-0.25, -0.2) is 9.78 Å². The fourth-order valence-electron chi connectivity index (χ4n) is 3.36. The summed E-state index contributed by atoms with van der Waals surface area (Å²) in [6.45, 7) is 5.01. The number of aryl methyl sites for hydroxylation is 1. The van der Waals surface area contributed by atoms with Gasteiger partial charge in [0.1, 0.15) is 16.5 Å². The van der Waals surface area contributed by atoms with Crippen molar-refractivity contribution in [1.29, 1.82) is 0 Å². The summed E-state index contributed by atoms with van der Waals surface area (Å²) in [5.74, 6) is -0.319. The van der Waals surface area contributed by atoms with Gasteiger partial charge in [-0.05, 0) is 44.4 Å². The summed E-state index contributed by atoms with van der Waals surface area (Å²) in [6, 6.07) is 14.6. The number of rotatable bonds is 11. The minimum atomic E-state index is -0.476. The number of phenols is 1. The smallest absolute Gasteiger partial charge is 0.357 e. The number of nitrogens with zero attached hydrogens (tertiary/aromatic N) is 2. The van der Waals surface area contributed by atoms with Crippen LogP contribution in [0.4, 0.5) is 0 Å². The van der Waals surface area contributed by atoms with Crippen LogP contribution in [0.15, 0.2) is 53.9 Å². The molecule has 0 fully saturated rings. The molecule has 33 heavy (non-hydrogen) atoms. The maximum Gasteiger partial charge on any atom is 0.357 e. The number of ether oxygens (including phenoxy) is 2. The third kappa shape index (κ3) is 7.05. The van der Waals surface area contributed by atoms with Crippen molar-refractivity contribution in [2.24, 2.45) is 0 Å². The molecule has 1 N–H and O–H groups in total. The molecule has 0 aliphatic rings. The molecule has 1 heterocycles. The van der Waals surface area contributed by atoms with E-state index in [1.54, 1.807) is 23.3 Å². The van der Waals surface area contributed by atoms with Gasteiger partial charge in [-0.1, -0.05) is 30.3 Å². The lowest BCUT2D eigenvalue weighted by atomic mass is 10.1. The predicted octanol–water partition coefficient (Wildman–Crippen LogP) is 4.70. The Morgan fingerprint density at radius 1 is 1.09 bits per heavy atom. The second-order valence-electron chi connectivity index (χ2n) is 7.31. The molecule has 8 heteroatoms. The monoisotopic (exact) mass is 468 g/mol. The van der Waals surface area contributed by atoms with E-state index in [0.29, 0.717) is 29.5 Å². The number of hydrogen-bond donors (Lipinski definition) is 1. The zero-order valence-electron chi connectivity index (χ0n) is 18.8. The molecular formula is C25H28N2O5S. The van der Waals surface area contributed by atoms with Crippen LogP contribution >= 0.6 is 11.3 Å². The fourth-order valence-corrected chi connectivity index (χ4v) is 4.13. The normalized spacial score (nSPS) is 10.6. The molecule has 0 atom stereocenters. The number of carbonyl (C=O) groups is 2. The molecule has 1 aromatic heterocycles. The van der Waals surface area contributed by atoms with Gasteiger partial charge in [0.15, 0.2) is 5.69 Å². The highest BCUT2D eigenvalue weighted by molar-refractivity contribution is 7.09. The number of aromatic hydroxyl groups is 1. The first kappa shape index (κ1) is 24.3. The van der Waals surface area contributed by atoms with E-state index in [0.717, 1.165) is 12.8 Å². The van der Waals surface area contributed by atoms with Crippen molar-refractivity contribution in [3.63, 3.8) is 0 Å². The quantitative estimate of drug-likeness (QED) is 0.411. The first-order valence-corrected chi connectivity index (χ1v) is 11.8. The lowest BCUT2D eigenvalue weighted by Gasteiger charge is -2.22. The Morgan fingerprint density at radius 2 is 1.88 bits per heavy atom. The molecule has 0 saturated heterocycles. The molecule has 7 nitrogen and oxygen atoms in total. The van der Waals surface area contributed by atoms with Gasteiger partial charge in [-0.3, -0.25) is 4.79 Å². The Hall–Kier alpha value is -3.39. The first-order valence-electron chi connectivity index (χ1n) is 10.9. The third-order valence-electron chi connectivity index (χ3n) is 4.84. The van der Waals surface area contributed by atoms with Crippen LogP contribution < -0.4 is 4.74 Å². The molecule has 0 aliphatic heterocycles. The minimum absolute atomic E-state index is 0.0348. The van der Waals surface area contributed by atoms with E-state index < -0.39 is 5.97 Å². The molecule has 3 aromatic rings. The van der Waals surface area contributed by atoms with Crippen LogP contribution in [-0.2, 0) is 17.7 Å². The highest BCUT2D eigenvalue weighted by atomic mass is 32.1. The van der Waals surface area contributed by atoms with Crippen LogP contribution in [0.1, 0.15) is 51.7 Å². The number of thiazole rings is 1. The summed E-state index contributed by atoms with van der Waals surface area (Å²) in [5, 5.41) is 12.3. The molecule has 0 saturated carbocycles. The van der Waals surface area contributed by atoms with E-state index in [1.807, 2.05) is 25.1 Å². The van der Waals surface area contributed by atoms with E-state index in [-0.39, 0.29) is 30.5 Å². The van der Waals surface area contributed by atoms with Gasteiger partial charge in [-0.15, -0.1) is 11.3 Å². The van der Waals surface area contributed by atoms with Gasteiger partial charge in [0.05, 0.1) is 19.8 Å². The first-order chi connectivity index (χ1) is 16.0. The van der Waals surface area contributed by atoms with Crippen molar-refractivity contribution in [3.8, 4) is 11.5 Å². The van der Waals surface area contributed by atoms with Crippen LogP contribution in [0, 0.1) is 0 Å². The van der Waals surface area contributed by atoms with Crippen LogP contribution in [0.25, 0.3) is 0 Å². The van der Waals surface area contributed by atoms with Crippen LogP contribution in [0.3, 0.4) is 0 Å². The van der Waals surface area contributed by atoms with Crippen LogP contribution in [-0.4, -0.2) is 46.6 Å². The summed E-state index contributed by atoms with van der Waals surface area (Å²) in [5.41, 5.74) is 1.77. The molecule has 0 bridgehead atoms. The van der Waals surface area contributed by atoms with Crippen molar-refractivity contribution in [2.45, 2.75) is 33.2 Å². The highest BCUT2D eigenvalue weighted by Gasteiger charge is 2.20. The third-order valence-corrected chi connectivity index (χ3v) is 5.67. The molecule has 0 spiro atoms. The fraction of sp³-hybridized carbons (Fsp3) is 0.320. The Kier molecular flexibility index (Phi) is 8.83. The van der Waals surface area contributed by atoms with Crippen molar-refractivity contribution < 1.29 is 24.2 Å². The van der Waals surface area contributed by atoms with Gasteiger partial charge in [-0.2, -0.15) is 0 Å².